The van der Waals surface area contributed by atoms with Crippen LogP contribution in [0.3, 0.4) is 0 Å². The highest BCUT2D eigenvalue weighted by Crippen LogP contribution is 2.26. The zero-order chi connectivity index (χ0) is 22.5. The topological polar surface area (TPSA) is 120 Å². The van der Waals surface area contributed by atoms with Gasteiger partial charge in [-0.25, -0.2) is 4.98 Å². The predicted molar refractivity (Wildman–Crippen MR) is 122 cm³/mol. The zero-order valence-electron chi connectivity index (χ0n) is 18.4. The lowest BCUT2D eigenvalue weighted by Crippen LogP contribution is -2.29. The Bertz CT molecular complexity index is 1090. The quantitative estimate of drug-likeness (QED) is 0.511. The molecule has 1 aliphatic rings. The van der Waals surface area contributed by atoms with Gasteiger partial charge in [0, 0.05) is 35.6 Å². The van der Waals surface area contributed by atoms with Gasteiger partial charge in [0.15, 0.2) is 0 Å². The van der Waals surface area contributed by atoms with E-state index < -0.39 is 0 Å². The molecule has 3 heterocycles. The van der Waals surface area contributed by atoms with E-state index >= 15 is 0 Å². The van der Waals surface area contributed by atoms with E-state index in [-0.39, 0.29) is 24.1 Å². The number of aromatic amines is 1. The van der Waals surface area contributed by atoms with Crippen molar-refractivity contribution in [2.45, 2.75) is 46.7 Å². The van der Waals surface area contributed by atoms with E-state index in [9.17, 15) is 9.59 Å². The number of pyridine rings is 2. The molecule has 8 nitrogen and oxygen atoms in total. The van der Waals surface area contributed by atoms with Crippen LogP contribution in [0.5, 0.6) is 0 Å². The molecule has 3 rings (SSSR count). The van der Waals surface area contributed by atoms with Crippen LogP contribution in [0.2, 0.25) is 0 Å². The maximum atomic E-state index is 13.1. The van der Waals surface area contributed by atoms with Crippen molar-refractivity contribution in [3.8, 4) is 0 Å². The molecule has 1 aliphatic heterocycles. The molecule has 0 saturated heterocycles. The fourth-order valence-electron chi connectivity index (χ4n) is 3.56. The summed E-state index contributed by atoms with van der Waals surface area (Å²) in [5.41, 5.74) is 4.34. The Hall–Kier alpha value is -3.26. The van der Waals surface area contributed by atoms with Gasteiger partial charge in [-0.15, -0.1) is 0 Å². The number of rotatable bonds is 7. The van der Waals surface area contributed by atoms with Crippen LogP contribution in [0.15, 0.2) is 23.0 Å². The van der Waals surface area contributed by atoms with Gasteiger partial charge in [0.25, 0.3) is 11.5 Å². The average Bonchev–Trinajstić information content (AvgIpc) is 2.72. The van der Waals surface area contributed by atoms with Gasteiger partial charge in [0.2, 0.25) is 0 Å². The highest BCUT2D eigenvalue weighted by atomic mass is 16.5. The second-order valence-electron chi connectivity index (χ2n) is 7.94. The van der Waals surface area contributed by atoms with Crippen molar-refractivity contribution in [2.75, 3.05) is 18.5 Å². The molecule has 0 saturated carbocycles. The number of nitrogens with one attached hydrogen (secondary N) is 4. The summed E-state index contributed by atoms with van der Waals surface area (Å²) in [6.07, 6.45) is 3.81. The zero-order valence-corrected chi connectivity index (χ0v) is 18.4. The van der Waals surface area contributed by atoms with E-state index in [2.05, 4.69) is 20.6 Å². The third kappa shape index (κ3) is 5.27. The van der Waals surface area contributed by atoms with E-state index in [1.54, 1.807) is 6.07 Å². The van der Waals surface area contributed by atoms with Crippen LogP contribution >= 0.6 is 0 Å². The molecule has 31 heavy (non-hydrogen) atoms. The Labute approximate surface area is 181 Å². The Morgan fingerprint density at radius 2 is 2.13 bits per heavy atom. The SMILES string of the molecule is Cc1cc(C)c(CNC(=O)c2cc(C3=CCOCC3)nc(NC(C)C)c2C=N)c(=O)[nH]1. The smallest absolute Gasteiger partial charge is 0.253 e. The summed E-state index contributed by atoms with van der Waals surface area (Å²) in [6, 6.07) is 3.67. The van der Waals surface area contributed by atoms with Crippen LogP contribution in [0.25, 0.3) is 5.57 Å². The van der Waals surface area contributed by atoms with Gasteiger partial charge in [0.1, 0.15) is 5.82 Å². The number of carbonyl (C=O) groups excluding carboxylic acids is 1. The summed E-state index contributed by atoms with van der Waals surface area (Å²) in [7, 11) is 0. The first kappa shape index (κ1) is 22.4. The molecule has 0 aromatic carbocycles. The molecule has 0 radical (unpaired) electrons. The molecular formula is C23H29N5O3. The number of amides is 1. The number of hydrogen-bond acceptors (Lipinski definition) is 6. The second-order valence-corrected chi connectivity index (χ2v) is 7.94. The van der Waals surface area contributed by atoms with Crippen LogP contribution < -0.4 is 16.2 Å². The highest BCUT2D eigenvalue weighted by molar-refractivity contribution is 6.05. The van der Waals surface area contributed by atoms with Gasteiger partial charge in [0.05, 0.1) is 24.5 Å². The van der Waals surface area contributed by atoms with Gasteiger partial charge in [-0.05, 0) is 57.4 Å². The minimum Gasteiger partial charge on any atom is -0.377 e. The molecule has 0 fully saturated rings. The lowest BCUT2D eigenvalue weighted by molar-refractivity contribution is 0.0950. The largest absolute Gasteiger partial charge is 0.377 e. The van der Waals surface area contributed by atoms with Gasteiger partial charge >= 0.3 is 0 Å². The van der Waals surface area contributed by atoms with Gasteiger partial charge in [-0.2, -0.15) is 0 Å². The molecule has 164 valence electrons. The third-order valence-electron chi connectivity index (χ3n) is 5.08. The van der Waals surface area contributed by atoms with Crippen molar-refractivity contribution < 1.29 is 9.53 Å². The second kappa shape index (κ2) is 9.70. The summed E-state index contributed by atoms with van der Waals surface area (Å²) in [4.78, 5) is 32.9. The molecule has 0 atom stereocenters. The number of ether oxygens (including phenoxy) is 1. The van der Waals surface area contributed by atoms with E-state index in [0.717, 1.165) is 23.0 Å². The Morgan fingerprint density at radius 1 is 1.35 bits per heavy atom. The molecule has 0 unspecified atom stereocenters. The minimum absolute atomic E-state index is 0.0785. The molecule has 2 aromatic heterocycles. The summed E-state index contributed by atoms with van der Waals surface area (Å²) < 4.78 is 5.39. The van der Waals surface area contributed by atoms with Crippen molar-refractivity contribution in [3.05, 3.63) is 62.2 Å². The fourth-order valence-corrected chi connectivity index (χ4v) is 3.56. The fraction of sp³-hybridized carbons (Fsp3) is 0.391. The number of carbonyl (C=O) groups is 1. The molecule has 0 spiro atoms. The van der Waals surface area contributed by atoms with Crippen LogP contribution in [-0.4, -0.2) is 41.3 Å². The minimum atomic E-state index is -0.360. The molecule has 4 N–H and O–H groups in total. The van der Waals surface area contributed by atoms with Crippen molar-refractivity contribution in [2.24, 2.45) is 0 Å². The Balaban J connectivity index is 1.97. The van der Waals surface area contributed by atoms with E-state index in [0.29, 0.717) is 47.8 Å². The number of nitrogens with zero attached hydrogens (tertiary/aromatic N) is 1. The summed E-state index contributed by atoms with van der Waals surface area (Å²) in [6.45, 7) is 8.82. The van der Waals surface area contributed by atoms with Crippen molar-refractivity contribution in [3.63, 3.8) is 0 Å². The maximum Gasteiger partial charge on any atom is 0.253 e. The number of H-pyrrole nitrogens is 1. The Kier molecular flexibility index (Phi) is 7.02. The van der Waals surface area contributed by atoms with E-state index in [1.165, 1.54) is 0 Å². The lowest BCUT2D eigenvalue weighted by Gasteiger charge is -2.19. The monoisotopic (exact) mass is 423 g/mol. The van der Waals surface area contributed by atoms with Crippen molar-refractivity contribution in [1.82, 2.24) is 15.3 Å². The van der Waals surface area contributed by atoms with Gasteiger partial charge in [-0.3, -0.25) is 9.59 Å². The molecule has 0 bridgehead atoms. The summed E-state index contributed by atoms with van der Waals surface area (Å²) in [5, 5.41) is 14.0. The van der Waals surface area contributed by atoms with Gasteiger partial charge < -0.3 is 25.8 Å². The molecule has 2 aromatic rings. The Morgan fingerprint density at radius 3 is 2.74 bits per heavy atom. The van der Waals surface area contributed by atoms with Crippen molar-refractivity contribution in [1.29, 1.82) is 5.41 Å². The van der Waals surface area contributed by atoms with Crippen LogP contribution in [0, 0.1) is 19.3 Å². The van der Waals surface area contributed by atoms with E-state index in [4.69, 9.17) is 10.1 Å². The van der Waals surface area contributed by atoms with Crippen LogP contribution in [-0.2, 0) is 11.3 Å². The standard InChI is InChI=1S/C23H29N5O3/c1-13(2)26-21-18(11-24)17(10-20(28-21)16-5-7-31-8-6-16)22(29)25-12-19-14(3)9-15(4)27-23(19)30/h5,9-11,13,24H,6-8,12H2,1-4H3,(H,25,29)(H,26,28)(H,27,30). The maximum absolute atomic E-state index is 13.1. The third-order valence-corrected chi connectivity index (χ3v) is 5.08. The first-order chi connectivity index (χ1) is 14.8. The van der Waals surface area contributed by atoms with Gasteiger partial charge in [-0.1, -0.05) is 6.08 Å². The normalized spacial score (nSPS) is 13.6. The number of hydrogen-bond donors (Lipinski definition) is 4. The summed E-state index contributed by atoms with van der Waals surface area (Å²) >= 11 is 0. The first-order valence-corrected chi connectivity index (χ1v) is 10.4. The number of anilines is 1. The number of aryl methyl sites for hydroxylation is 2. The predicted octanol–water partition coefficient (Wildman–Crippen LogP) is 2.94. The van der Waals surface area contributed by atoms with E-state index in [1.807, 2.05) is 39.8 Å². The molecule has 0 aliphatic carbocycles. The first-order valence-electron chi connectivity index (χ1n) is 10.4. The number of aromatic nitrogens is 2. The molecular weight excluding hydrogens is 394 g/mol. The lowest BCUT2D eigenvalue weighted by atomic mass is 10.0. The molecule has 8 heteroatoms. The summed E-state index contributed by atoms with van der Waals surface area (Å²) in [5.74, 6) is 0.130. The average molecular weight is 424 g/mol. The van der Waals surface area contributed by atoms with Crippen LogP contribution in [0.4, 0.5) is 5.82 Å². The van der Waals surface area contributed by atoms with Crippen LogP contribution in [0.1, 0.15) is 58.7 Å². The van der Waals surface area contributed by atoms with Crippen molar-refractivity contribution >= 4 is 23.5 Å². The molecule has 1 amide bonds. The highest BCUT2D eigenvalue weighted by Gasteiger charge is 2.20.